The first-order valence-electron chi connectivity index (χ1n) is 12.6. The highest BCUT2D eigenvalue weighted by Gasteiger charge is 2.19. The molecule has 0 atom stereocenters. The lowest BCUT2D eigenvalue weighted by Gasteiger charge is -2.23. The molecule has 0 N–H and O–H groups in total. The Labute approximate surface area is 221 Å². The largest absolute Gasteiger partial charge is 0.340 e. The molecule has 0 bridgehead atoms. The minimum absolute atomic E-state index is 0.307. The predicted octanol–water partition coefficient (Wildman–Crippen LogP) is 9.89. The van der Waals surface area contributed by atoms with Gasteiger partial charge in [0.1, 0.15) is 5.82 Å². The van der Waals surface area contributed by atoms with Gasteiger partial charge in [0.25, 0.3) is 0 Å². The van der Waals surface area contributed by atoms with Gasteiger partial charge in [-0.3, -0.25) is 0 Å². The number of fused-ring (bicyclic) bond motifs is 1. The molecule has 1 nitrogen and oxygen atoms in total. The molecule has 6 aromatic carbocycles. The van der Waals surface area contributed by atoms with Gasteiger partial charge in [-0.1, -0.05) is 103 Å². The number of benzene rings is 6. The van der Waals surface area contributed by atoms with Gasteiger partial charge in [-0.05, 0) is 68.9 Å². The lowest BCUT2D eigenvalue weighted by Crippen LogP contribution is -2.13. The highest BCUT2D eigenvalue weighted by atomic mass is 19.1. The Bertz CT molecular complexity index is 1750. The Morgan fingerprint density at radius 3 is 1.92 bits per heavy atom. The molecule has 0 aliphatic carbocycles. The van der Waals surface area contributed by atoms with Crippen molar-refractivity contribution in [2.45, 2.75) is 0 Å². The van der Waals surface area contributed by atoms with Crippen molar-refractivity contribution in [3.05, 3.63) is 145 Å². The van der Waals surface area contributed by atoms with E-state index in [0.29, 0.717) is 16.9 Å². The van der Waals surface area contributed by atoms with Crippen molar-refractivity contribution in [2.24, 2.45) is 0 Å². The van der Waals surface area contributed by atoms with Crippen LogP contribution in [0.25, 0.3) is 44.2 Å². The van der Waals surface area contributed by atoms with E-state index >= 15 is 4.39 Å². The van der Waals surface area contributed by atoms with E-state index in [1.807, 2.05) is 72.8 Å². The summed E-state index contributed by atoms with van der Waals surface area (Å²) < 4.78 is 31.1. The fourth-order valence-electron chi connectivity index (χ4n) is 5.05. The quantitative estimate of drug-likeness (QED) is 0.229. The van der Waals surface area contributed by atoms with Gasteiger partial charge in [-0.2, -0.15) is 0 Å². The topological polar surface area (TPSA) is 3.24 Å². The van der Waals surface area contributed by atoms with Gasteiger partial charge in [-0.15, -0.1) is 0 Å². The summed E-state index contributed by atoms with van der Waals surface area (Å²) in [5.74, 6) is -0.801. The first-order chi connectivity index (χ1) is 18.6. The zero-order chi connectivity index (χ0) is 26.1. The van der Waals surface area contributed by atoms with E-state index in [-0.39, 0.29) is 0 Å². The maximum absolute atomic E-state index is 16.3. The van der Waals surface area contributed by atoms with Crippen LogP contribution in [0.3, 0.4) is 0 Å². The summed E-state index contributed by atoms with van der Waals surface area (Å²) in [5, 5.41) is 2.30. The smallest absolute Gasteiger partial charge is 0.154 e. The average molecular weight is 498 g/mol. The summed E-state index contributed by atoms with van der Waals surface area (Å²) in [5.41, 5.74) is 5.76. The van der Waals surface area contributed by atoms with Crippen molar-refractivity contribution in [3.63, 3.8) is 0 Å². The van der Waals surface area contributed by atoms with E-state index in [0.717, 1.165) is 38.6 Å². The Kier molecular flexibility index (Phi) is 6.19. The van der Waals surface area contributed by atoms with E-state index < -0.39 is 11.6 Å². The summed E-state index contributed by atoms with van der Waals surface area (Å²) in [6.45, 7) is 0. The zero-order valence-electron chi connectivity index (χ0n) is 20.9. The molecule has 0 aliphatic rings. The van der Waals surface area contributed by atoms with Gasteiger partial charge in [-0.25, -0.2) is 8.78 Å². The first kappa shape index (κ1) is 23.6. The second-order valence-electron chi connectivity index (χ2n) is 9.34. The summed E-state index contributed by atoms with van der Waals surface area (Å²) in [6, 6.07) is 42.4. The van der Waals surface area contributed by atoms with Crippen LogP contribution in [0.1, 0.15) is 0 Å². The second-order valence-corrected chi connectivity index (χ2v) is 9.34. The molecule has 184 valence electrons. The summed E-state index contributed by atoms with van der Waals surface area (Å²) in [7, 11) is 1.70. The fourth-order valence-corrected chi connectivity index (χ4v) is 5.05. The number of rotatable bonds is 5. The SMILES string of the molecule is CN(c1ccccc1F)c1cc(-c2ccccc2)cc(-c2cccc(-c3cccc4ccccc34)c2)c1F. The molecule has 0 saturated heterocycles. The molecule has 3 heteroatoms. The lowest BCUT2D eigenvalue weighted by molar-refractivity contribution is 0.619. The molecular formula is C35H25F2N. The van der Waals surface area contributed by atoms with Crippen molar-refractivity contribution < 1.29 is 8.78 Å². The molecule has 0 aromatic heterocycles. The molecule has 0 heterocycles. The van der Waals surface area contributed by atoms with E-state index in [2.05, 4.69) is 30.3 Å². The van der Waals surface area contributed by atoms with Gasteiger partial charge in [0.05, 0.1) is 11.4 Å². The number of halogens is 2. The van der Waals surface area contributed by atoms with Gasteiger partial charge in [0.2, 0.25) is 0 Å². The van der Waals surface area contributed by atoms with E-state index in [1.54, 1.807) is 36.2 Å². The molecule has 0 radical (unpaired) electrons. The molecule has 0 unspecified atom stereocenters. The van der Waals surface area contributed by atoms with Crippen LogP contribution in [0.5, 0.6) is 0 Å². The van der Waals surface area contributed by atoms with Crippen LogP contribution in [-0.2, 0) is 0 Å². The molecule has 0 amide bonds. The molecule has 0 saturated carbocycles. The van der Waals surface area contributed by atoms with E-state index in [9.17, 15) is 4.39 Å². The summed E-state index contributed by atoms with van der Waals surface area (Å²) in [6.07, 6.45) is 0. The summed E-state index contributed by atoms with van der Waals surface area (Å²) >= 11 is 0. The van der Waals surface area contributed by atoms with Crippen LogP contribution in [-0.4, -0.2) is 7.05 Å². The van der Waals surface area contributed by atoms with Crippen LogP contribution >= 0.6 is 0 Å². The van der Waals surface area contributed by atoms with Crippen LogP contribution in [0.2, 0.25) is 0 Å². The third-order valence-corrected chi connectivity index (χ3v) is 7.01. The second kappa shape index (κ2) is 9.95. The molecule has 6 aromatic rings. The molecule has 0 fully saturated rings. The maximum atomic E-state index is 16.3. The highest BCUT2D eigenvalue weighted by molar-refractivity contribution is 5.97. The number of hydrogen-bond donors (Lipinski definition) is 0. The average Bonchev–Trinajstić information content (AvgIpc) is 2.97. The number of para-hydroxylation sites is 1. The molecule has 0 aliphatic heterocycles. The Hall–Kier alpha value is -4.76. The van der Waals surface area contributed by atoms with E-state index in [1.165, 1.54) is 6.07 Å². The van der Waals surface area contributed by atoms with Crippen molar-refractivity contribution in [3.8, 4) is 33.4 Å². The molecule has 0 spiro atoms. The van der Waals surface area contributed by atoms with Crippen molar-refractivity contribution in [1.29, 1.82) is 0 Å². The maximum Gasteiger partial charge on any atom is 0.154 e. The number of anilines is 2. The number of nitrogens with zero attached hydrogens (tertiary/aromatic N) is 1. The monoisotopic (exact) mass is 497 g/mol. The van der Waals surface area contributed by atoms with Gasteiger partial charge in [0.15, 0.2) is 5.82 Å². The Balaban J connectivity index is 1.54. The standard InChI is InChI=1S/C35H25F2N/c1-38(33-20-8-7-19-32(33)36)34-23-28(24-11-3-2-4-12-24)22-31(35(34)37)27-16-9-15-26(21-27)30-18-10-14-25-13-5-6-17-29(25)30/h2-23H,1H3. The van der Waals surface area contributed by atoms with Crippen molar-refractivity contribution in [2.75, 3.05) is 11.9 Å². The number of hydrogen-bond acceptors (Lipinski definition) is 1. The lowest BCUT2D eigenvalue weighted by atomic mass is 9.93. The summed E-state index contributed by atoms with van der Waals surface area (Å²) in [4.78, 5) is 1.58. The normalized spacial score (nSPS) is 11.0. The molecular weight excluding hydrogens is 472 g/mol. The van der Waals surface area contributed by atoms with Crippen LogP contribution in [0, 0.1) is 11.6 Å². The third-order valence-electron chi connectivity index (χ3n) is 7.01. The predicted molar refractivity (Wildman–Crippen MR) is 155 cm³/mol. The third kappa shape index (κ3) is 4.33. The van der Waals surface area contributed by atoms with Crippen molar-refractivity contribution >= 4 is 22.1 Å². The van der Waals surface area contributed by atoms with Crippen LogP contribution < -0.4 is 4.90 Å². The van der Waals surface area contributed by atoms with Gasteiger partial charge >= 0.3 is 0 Å². The van der Waals surface area contributed by atoms with Crippen molar-refractivity contribution in [1.82, 2.24) is 0 Å². The molecule has 38 heavy (non-hydrogen) atoms. The van der Waals surface area contributed by atoms with E-state index in [4.69, 9.17) is 0 Å². The van der Waals surface area contributed by atoms with Gasteiger partial charge < -0.3 is 4.90 Å². The Morgan fingerprint density at radius 1 is 0.474 bits per heavy atom. The molecule has 6 rings (SSSR count). The van der Waals surface area contributed by atoms with Crippen LogP contribution in [0.4, 0.5) is 20.2 Å². The van der Waals surface area contributed by atoms with Crippen LogP contribution in [0.15, 0.2) is 133 Å². The highest BCUT2D eigenvalue weighted by Crippen LogP contribution is 2.39. The minimum Gasteiger partial charge on any atom is -0.340 e. The Morgan fingerprint density at radius 2 is 1.11 bits per heavy atom. The fraction of sp³-hybridized carbons (Fsp3) is 0.0286. The first-order valence-corrected chi connectivity index (χ1v) is 12.6. The zero-order valence-corrected chi connectivity index (χ0v) is 20.9. The minimum atomic E-state index is -0.404. The van der Waals surface area contributed by atoms with Gasteiger partial charge in [0, 0.05) is 12.6 Å².